The van der Waals surface area contributed by atoms with Gasteiger partial charge in [-0.15, -0.1) is 0 Å². The van der Waals surface area contributed by atoms with Gasteiger partial charge in [-0.2, -0.15) is 0 Å². The van der Waals surface area contributed by atoms with Gasteiger partial charge in [0.25, 0.3) is 0 Å². The van der Waals surface area contributed by atoms with Gasteiger partial charge >= 0.3 is 5.97 Å². The van der Waals surface area contributed by atoms with Gasteiger partial charge in [0.1, 0.15) is 23.3 Å². The van der Waals surface area contributed by atoms with Gasteiger partial charge in [-0.05, 0) is 43.0 Å². The number of hydrogen-bond acceptors (Lipinski definition) is 6. The van der Waals surface area contributed by atoms with E-state index >= 15 is 0 Å². The number of para-hydroxylation sites is 1. The number of carbonyl (C=O) groups is 1. The van der Waals surface area contributed by atoms with E-state index in [1.165, 1.54) is 6.26 Å². The first kappa shape index (κ1) is 21.4. The van der Waals surface area contributed by atoms with Crippen LogP contribution >= 0.6 is 0 Å². The van der Waals surface area contributed by atoms with Crippen molar-refractivity contribution >= 4 is 16.9 Å². The Labute approximate surface area is 175 Å². The van der Waals surface area contributed by atoms with Crippen molar-refractivity contribution in [2.45, 2.75) is 40.2 Å². The summed E-state index contributed by atoms with van der Waals surface area (Å²) < 4.78 is 22.2. The van der Waals surface area contributed by atoms with Crippen molar-refractivity contribution in [3.63, 3.8) is 0 Å². The van der Waals surface area contributed by atoms with Gasteiger partial charge in [-0.1, -0.05) is 39.0 Å². The molecule has 30 heavy (non-hydrogen) atoms. The Balaban J connectivity index is 1.79. The van der Waals surface area contributed by atoms with E-state index in [4.69, 9.17) is 18.6 Å². The molecule has 6 heteroatoms. The fourth-order valence-corrected chi connectivity index (χ4v) is 2.87. The van der Waals surface area contributed by atoms with Crippen molar-refractivity contribution in [1.82, 2.24) is 0 Å². The predicted molar refractivity (Wildman–Crippen MR) is 114 cm³/mol. The molecule has 158 valence electrons. The molecule has 3 rings (SSSR count). The Kier molecular flexibility index (Phi) is 6.77. The zero-order valence-corrected chi connectivity index (χ0v) is 17.6. The summed E-state index contributed by atoms with van der Waals surface area (Å²) in [4.78, 5) is 24.8. The second-order valence-electron chi connectivity index (χ2n) is 7.43. The minimum Gasteiger partial charge on any atom is -0.479 e. The summed E-state index contributed by atoms with van der Waals surface area (Å²) in [6.45, 7) is 7.90. The van der Waals surface area contributed by atoms with Crippen LogP contribution in [0.3, 0.4) is 0 Å². The molecule has 1 heterocycles. The third-order valence-electron chi connectivity index (χ3n) is 4.49. The first-order valence-corrected chi connectivity index (χ1v) is 10.0. The lowest BCUT2D eigenvalue weighted by molar-refractivity contribution is -0.152. The second-order valence-corrected chi connectivity index (χ2v) is 7.43. The zero-order chi connectivity index (χ0) is 21.7. The second kappa shape index (κ2) is 9.48. The number of ether oxygens (including phenoxy) is 3. The molecule has 0 radical (unpaired) electrons. The van der Waals surface area contributed by atoms with Crippen LogP contribution in [-0.4, -0.2) is 18.7 Å². The number of carbonyl (C=O) groups excluding carboxylic acids is 1. The minimum absolute atomic E-state index is 0.114. The van der Waals surface area contributed by atoms with Crippen molar-refractivity contribution < 1.29 is 23.4 Å². The van der Waals surface area contributed by atoms with Crippen LogP contribution in [0.2, 0.25) is 0 Å². The first-order valence-electron chi connectivity index (χ1n) is 10.0. The largest absolute Gasteiger partial charge is 0.479 e. The van der Waals surface area contributed by atoms with Crippen LogP contribution in [0, 0.1) is 5.92 Å². The van der Waals surface area contributed by atoms with E-state index in [1.807, 2.05) is 45.0 Å². The SMILES string of the molecule is CCc1ccccc1Oc1coc2cc(O[C@@H](C)C(=O)OCC(C)C)ccc2c1=O. The van der Waals surface area contributed by atoms with Crippen LogP contribution in [0.1, 0.15) is 33.3 Å². The van der Waals surface area contributed by atoms with Crippen LogP contribution in [0.4, 0.5) is 0 Å². The Hall–Kier alpha value is -3.28. The van der Waals surface area contributed by atoms with Crippen molar-refractivity contribution in [3.8, 4) is 17.2 Å². The van der Waals surface area contributed by atoms with E-state index in [2.05, 4.69) is 0 Å². The lowest BCUT2D eigenvalue weighted by atomic mass is 10.1. The molecule has 1 atom stereocenters. The summed E-state index contributed by atoms with van der Waals surface area (Å²) in [5.74, 6) is 0.952. The number of rotatable bonds is 8. The van der Waals surface area contributed by atoms with Crippen molar-refractivity contribution in [3.05, 3.63) is 64.5 Å². The predicted octanol–water partition coefficient (Wildman–Crippen LogP) is 5.11. The number of aryl methyl sites for hydroxylation is 1. The maximum Gasteiger partial charge on any atom is 0.347 e. The molecule has 0 aliphatic carbocycles. The van der Waals surface area contributed by atoms with E-state index < -0.39 is 12.1 Å². The van der Waals surface area contributed by atoms with Gasteiger partial charge in [0.15, 0.2) is 6.10 Å². The number of esters is 1. The highest BCUT2D eigenvalue weighted by Crippen LogP contribution is 2.27. The van der Waals surface area contributed by atoms with E-state index in [0.717, 1.165) is 12.0 Å². The summed E-state index contributed by atoms with van der Waals surface area (Å²) >= 11 is 0. The van der Waals surface area contributed by atoms with Gasteiger partial charge < -0.3 is 18.6 Å². The Morgan fingerprint density at radius 3 is 2.57 bits per heavy atom. The van der Waals surface area contributed by atoms with Crippen molar-refractivity contribution in [2.24, 2.45) is 5.92 Å². The summed E-state index contributed by atoms with van der Waals surface area (Å²) in [6.07, 6.45) is 1.30. The van der Waals surface area contributed by atoms with Gasteiger partial charge in [0, 0.05) is 6.07 Å². The molecule has 0 fully saturated rings. The minimum atomic E-state index is -0.777. The normalized spacial score (nSPS) is 12.0. The quantitative estimate of drug-likeness (QED) is 0.480. The molecule has 0 spiro atoms. The summed E-state index contributed by atoms with van der Waals surface area (Å²) in [6, 6.07) is 12.3. The van der Waals surface area contributed by atoms with Crippen LogP contribution in [0.25, 0.3) is 11.0 Å². The third kappa shape index (κ3) is 5.00. The highest BCUT2D eigenvalue weighted by Gasteiger charge is 2.18. The summed E-state index contributed by atoms with van der Waals surface area (Å²) in [5, 5.41) is 0.365. The van der Waals surface area contributed by atoms with Crippen LogP contribution < -0.4 is 14.9 Å². The molecule has 0 aliphatic rings. The maximum absolute atomic E-state index is 12.8. The molecule has 0 N–H and O–H groups in total. The summed E-state index contributed by atoms with van der Waals surface area (Å²) in [5.41, 5.74) is 1.06. The molecule has 0 amide bonds. The highest BCUT2D eigenvalue weighted by atomic mass is 16.6. The molecular weight excluding hydrogens is 384 g/mol. The van der Waals surface area contributed by atoms with Gasteiger partial charge in [0.05, 0.1) is 12.0 Å². The fourth-order valence-electron chi connectivity index (χ4n) is 2.87. The first-order chi connectivity index (χ1) is 14.4. The topological polar surface area (TPSA) is 75.0 Å². The Morgan fingerprint density at radius 2 is 1.83 bits per heavy atom. The molecule has 0 bridgehead atoms. The molecule has 2 aromatic carbocycles. The lowest BCUT2D eigenvalue weighted by Gasteiger charge is -2.15. The molecular formula is C24H26O6. The van der Waals surface area contributed by atoms with Gasteiger partial charge in [-0.3, -0.25) is 4.79 Å². The third-order valence-corrected chi connectivity index (χ3v) is 4.49. The van der Waals surface area contributed by atoms with E-state index in [-0.39, 0.29) is 17.1 Å². The number of hydrogen-bond donors (Lipinski definition) is 0. The van der Waals surface area contributed by atoms with Crippen molar-refractivity contribution in [1.29, 1.82) is 0 Å². The van der Waals surface area contributed by atoms with Gasteiger partial charge in [-0.25, -0.2) is 4.79 Å². The molecule has 0 unspecified atom stereocenters. The molecule has 0 aliphatic heterocycles. The Bertz CT molecular complexity index is 1080. The zero-order valence-electron chi connectivity index (χ0n) is 17.6. The van der Waals surface area contributed by atoms with Crippen LogP contribution in [0.15, 0.2) is 57.9 Å². The maximum atomic E-state index is 12.8. The van der Waals surface area contributed by atoms with Crippen LogP contribution in [-0.2, 0) is 16.0 Å². The van der Waals surface area contributed by atoms with Gasteiger partial charge in [0.2, 0.25) is 11.2 Å². The molecule has 0 saturated heterocycles. The van der Waals surface area contributed by atoms with E-state index in [9.17, 15) is 9.59 Å². The molecule has 3 aromatic rings. The Morgan fingerprint density at radius 1 is 1.07 bits per heavy atom. The monoisotopic (exact) mass is 410 g/mol. The smallest absolute Gasteiger partial charge is 0.347 e. The van der Waals surface area contributed by atoms with E-state index in [0.29, 0.717) is 29.1 Å². The fraction of sp³-hybridized carbons (Fsp3) is 0.333. The summed E-state index contributed by atoms with van der Waals surface area (Å²) in [7, 11) is 0. The number of benzene rings is 2. The average molecular weight is 410 g/mol. The average Bonchev–Trinajstić information content (AvgIpc) is 2.74. The van der Waals surface area contributed by atoms with Crippen molar-refractivity contribution in [2.75, 3.05) is 6.61 Å². The molecule has 0 saturated carbocycles. The molecule has 1 aromatic heterocycles. The lowest BCUT2D eigenvalue weighted by Crippen LogP contribution is -2.27. The number of fused-ring (bicyclic) bond motifs is 1. The highest BCUT2D eigenvalue weighted by molar-refractivity contribution is 5.79. The molecule has 6 nitrogen and oxygen atoms in total. The standard InChI is InChI=1S/C24H26O6/c1-5-17-8-6-7-9-20(17)30-22-14-27-21-12-18(10-11-19(21)23(22)25)29-16(4)24(26)28-13-15(2)3/h6-12,14-16H,5,13H2,1-4H3/t16-/m0/s1. The van der Waals surface area contributed by atoms with E-state index in [1.54, 1.807) is 25.1 Å². The van der Waals surface area contributed by atoms with Crippen LogP contribution in [0.5, 0.6) is 17.2 Å².